The summed E-state index contributed by atoms with van der Waals surface area (Å²) in [6, 6.07) is 5.15. The van der Waals surface area contributed by atoms with E-state index in [4.69, 9.17) is 0 Å². The second-order valence-electron chi connectivity index (χ2n) is 6.23. The van der Waals surface area contributed by atoms with E-state index in [9.17, 15) is 27.6 Å². The molecule has 1 aromatic heterocycles. The Morgan fingerprint density at radius 1 is 1.15 bits per heavy atom. The molecule has 1 aromatic carbocycles. The number of rotatable bonds is 5. The van der Waals surface area contributed by atoms with Crippen molar-refractivity contribution in [3.8, 4) is 0 Å². The number of carbonyl (C=O) groups excluding carboxylic acids is 1. The van der Waals surface area contributed by atoms with Crippen molar-refractivity contribution in [3.63, 3.8) is 0 Å². The Morgan fingerprint density at radius 2 is 1.81 bits per heavy atom. The summed E-state index contributed by atoms with van der Waals surface area (Å²) in [6.45, 7) is 0.851. The van der Waals surface area contributed by atoms with Crippen LogP contribution in [0.25, 0.3) is 0 Å². The summed E-state index contributed by atoms with van der Waals surface area (Å²) in [5.41, 5.74) is -1.25. The number of amides is 1. The van der Waals surface area contributed by atoms with Crippen LogP contribution in [0.5, 0.6) is 0 Å². The molecule has 2 N–H and O–H groups in total. The topological polar surface area (TPSA) is 91.0 Å². The number of H-pyrrole nitrogens is 2. The molecule has 3 rings (SSSR count). The van der Waals surface area contributed by atoms with Crippen LogP contribution >= 0.6 is 0 Å². The first-order chi connectivity index (χ1) is 12.3. The first-order valence-corrected chi connectivity index (χ1v) is 8.08. The van der Waals surface area contributed by atoms with Crippen LogP contribution in [0, 0.1) is 0 Å². The lowest BCUT2D eigenvalue weighted by atomic mass is 9.90. The maximum atomic E-state index is 12.8. The fourth-order valence-corrected chi connectivity index (χ4v) is 2.95. The Kier molecular flexibility index (Phi) is 4.75. The lowest BCUT2D eigenvalue weighted by molar-refractivity contribution is -0.138. The molecule has 0 saturated carbocycles. The van der Waals surface area contributed by atoms with Crippen LogP contribution in [0.1, 0.15) is 29.9 Å². The van der Waals surface area contributed by atoms with Gasteiger partial charge in [0.1, 0.15) is 0 Å². The molecular formula is C16H17F3N4O3. The molecule has 26 heavy (non-hydrogen) atoms. The van der Waals surface area contributed by atoms with E-state index < -0.39 is 23.1 Å². The molecule has 0 radical (unpaired) electrons. The molecule has 2 aromatic rings. The summed E-state index contributed by atoms with van der Waals surface area (Å²) in [7, 11) is 0. The van der Waals surface area contributed by atoms with Crippen molar-refractivity contribution in [1.29, 1.82) is 0 Å². The van der Waals surface area contributed by atoms with Gasteiger partial charge in [-0.3, -0.25) is 4.79 Å². The number of likely N-dealkylation sites (tertiary alicyclic amines) is 1. The zero-order valence-corrected chi connectivity index (χ0v) is 13.7. The highest BCUT2D eigenvalue weighted by atomic mass is 19.4. The van der Waals surface area contributed by atoms with Gasteiger partial charge in [0.2, 0.25) is 5.91 Å². The molecule has 0 spiro atoms. The number of nitrogens with zero attached hydrogens (tertiary/aromatic N) is 2. The van der Waals surface area contributed by atoms with E-state index in [-0.39, 0.29) is 24.8 Å². The third kappa shape index (κ3) is 3.73. The number of nitrogens with one attached hydrogen (secondary N) is 2. The standard InChI is InChI=1S/C16H17F3N4O3/c17-16(18,19)12-4-1-3-10(7-12)11-8-22(9-11)13(24)5-2-6-23-14(25)20-21-15(23)26/h1,3-4,7,11H,2,5-6,8-9H2,(H,20,25)(H,21,26). The lowest BCUT2D eigenvalue weighted by Gasteiger charge is -2.40. The van der Waals surface area contributed by atoms with Crippen LogP contribution < -0.4 is 11.4 Å². The summed E-state index contributed by atoms with van der Waals surface area (Å²) < 4.78 is 39.2. The van der Waals surface area contributed by atoms with Gasteiger partial charge in [0.25, 0.3) is 0 Å². The van der Waals surface area contributed by atoms with Gasteiger partial charge in [-0.05, 0) is 18.1 Å². The Bertz CT molecular complexity index is 879. The second-order valence-corrected chi connectivity index (χ2v) is 6.23. The van der Waals surface area contributed by atoms with Crippen LogP contribution in [0.4, 0.5) is 13.2 Å². The summed E-state index contributed by atoms with van der Waals surface area (Å²) in [5, 5.41) is 4.31. The normalized spacial score (nSPS) is 15.1. The third-order valence-electron chi connectivity index (χ3n) is 4.46. The average molecular weight is 370 g/mol. The smallest absolute Gasteiger partial charge is 0.341 e. The number of hydrogen-bond donors (Lipinski definition) is 2. The predicted molar refractivity (Wildman–Crippen MR) is 85.7 cm³/mol. The second kappa shape index (κ2) is 6.85. The predicted octanol–water partition coefficient (Wildman–Crippen LogP) is 1.29. The SMILES string of the molecule is O=C(CCCn1c(=O)[nH][nH]c1=O)N1CC(c2cccc(C(F)(F)F)c2)C1. The number of hydrogen-bond acceptors (Lipinski definition) is 3. The van der Waals surface area contributed by atoms with Crippen molar-refractivity contribution >= 4 is 5.91 Å². The number of alkyl halides is 3. The number of carbonyl (C=O) groups is 1. The van der Waals surface area contributed by atoms with Gasteiger partial charge >= 0.3 is 17.6 Å². The molecule has 1 aliphatic heterocycles. The Balaban J connectivity index is 1.50. The zero-order chi connectivity index (χ0) is 18.9. The number of aromatic amines is 2. The van der Waals surface area contributed by atoms with Gasteiger partial charge in [0.15, 0.2) is 0 Å². The van der Waals surface area contributed by atoms with Crippen LogP contribution in [0.3, 0.4) is 0 Å². The quantitative estimate of drug-likeness (QED) is 0.831. The number of halogens is 3. The monoisotopic (exact) mass is 370 g/mol. The minimum absolute atomic E-state index is 0.114. The molecule has 0 atom stereocenters. The molecule has 0 unspecified atom stereocenters. The van der Waals surface area contributed by atoms with Gasteiger partial charge < -0.3 is 4.90 Å². The van der Waals surface area contributed by atoms with E-state index in [2.05, 4.69) is 10.2 Å². The Labute approximate surface area is 145 Å². The van der Waals surface area contributed by atoms with Crippen molar-refractivity contribution in [2.45, 2.75) is 31.5 Å². The molecule has 0 bridgehead atoms. The van der Waals surface area contributed by atoms with E-state index in [0.717, 1.165) is 16.7 Å². The highest BCUT2D eigenvalue weighted by Gasteiger charge is 2.34. The number of aromatic nitrogens is 3. The Morgan fingerprint density at radius 3 is 2.42 bits per heavy atom. The van der Waals surface area contributed by atoms with Gasteiger partial charge in [0.05, 0.1) is 5.56 Å². The molecule has 1 fully saturated rings. The van der Waals surface area contributed by atoms with Gasteiger partial charge in [-0.2, -0.15) is 13.2 Å². The first-order valence-electron chi connectivity index (χ1n) is 8.08. The molecule has 2 heterocycles. The van der Waals surface area contributed by atoms with Crippen LogP contribution in [0.15, 0.2) is 33.9 Å². The van der Waals surface area contributed by atoms with Crippen molar-refractivity contribution in [2.75, 3.05) is 13.1 Å². The average Bonchev–Trinajstić information content (AvgIpc) is 2.85. The van der Waals surface area contributed by atoms with Gasteiger partial charge in [-0.25, -0.2) is 24.4 Å². The fraction of sp³-hybridized carbons (Fsp3) is 0.438. The van der Waals surface area contributed by atoms with Crippen LogP contribution in [-0.4, -0.2) is 38.7 Å². The summed E-state index contributed by atoms with van der Waals surface area (Å²) >= 11 is 0. The van der Waals surface area contributed by atoms with Crippen molar-refractivity contribution < 1.29 is 18.0 Å². The molecule has 140 valence electrons. The van der Waals surface area contributed by atoms with E-state index in [1.54, 1.807) is 11.0 Å². The van der Waals surface area contributed by atoms with Crippen LogP contribution in [0.2, 0.25) is 0 Å². The molecule has 1 aliphatic rings. The van der Waals surface area contributed by atoms with E-state index in [1.807, 2.05) is 0 Å². The molecule has 10 heteroatoms. The lowest BCUT2D eigenvalue weighted by Crippen LogP contribution is -2.48. The van der Waals surface area contributed by atoms with Crippen molar-refractivity contribution in [1.82, 2.24) is 19.7 Å². The van der Waals surface area contributed by atoms with E-state index in [0.29, 0.717) is 25.1 Å². The molecule has 1 saturated heterocycles. The largest absolute Gasteiger partial charge is 0.416 e. The third-order valence-corrected chi connectivity index (χ3v) is 4.46. The minimum atomic E-state index is -4.39. The Hall–Kier alpha value is -2.78. The van der Waals surface area contributed by atoms with E-state index >= 15 is 0 Å². The number of benzene rings is 1. The summed E-state index contributed by atoms with van der Waals surface area (Å²) in [5.74, 6) is -0.260. The van der Waals surface area contributed by atoms with Gasteiger partial charge in [-0.15, -0.1) is 0 Å². The van der Waals surface area contributed by atoms with Crippen LogP contribution in [-0.2, 0) is 17.5 Å². The van der Waals surface area contributed by atoms with Crippen molar-refractivity contribution in [3.05, 3.63) is 56.4 Å². The first kappa shape index (κ1) is 18.0. The molecular weight excluding hydrogens is 353 g/mol. The molecule has 7 nitrogen and oxygen atoms in total. The van der Waals surface area contributed by atoms with Gasteiger partial charge in [-0.1, -0.05) is 18.2 Å². The highest BCUT2D eigenvalue weighted by Crippen LogP contribution is 2.33. The fourth-order valence-electron chi connectivity index (χ4n) is 2.95. The minimum Gasteiger partial charge on any atom is -0.341 e. The zero-order valence-electron chi connectivity index (χ0n) is 13.7. The van der Waals surface area contributed by atoms with Gasteiger partial charge in [0, 0.05) is 32.0 Å². The highest BCUT2D eigenvalue weighted by molar-refractivity contribution is 5.77. The van der Waals surface area contributed by atoms with Crippen molar-refractivity contribution in [2.24, 2.45) is 0 Å². The summed E-state index contributed by atoms with van der Waals surface area (Å²) in [6.07, 6.45) is -3.90. The van der Waals surface area contributed by atoms with E-state index in [1.165, 1.54) is 6.07 Å². The molecule has 1 amide bonds. The maximum absolute atomic E-state index is 12.8. The summed E-state index contributed by atoms with van der Waals surface area (Å²) in [4.78, 5) is 36.3. The maximum Gasteiger partial charge on any atom is 0.416 e. The molecule has 0 aliphatic carbocycles.